The Morgan fingerprint density at radius 1 is 1.05 bits per heavy atom. The summed E-state index contributed by atoms with van der Waals surface area (Å²) in [4.78, 5) is 12.3. The SMILES string of the molecule is O=C(N[C@@H]1CCCC[C@H]1O)c1ccc2c(c1)CCCC2. The average molecular weight is 273 g/mol. The maximum Gasteiger partial charge on any atom is 0.251 e. The van der Waals surface area contributed by atoms with Crippen molar-refractivity contribution in [3.8, 4) is 0 Å². The highest BCUT2D eigenvalue weighted by Gasteiger charge is 2.25. The molecule has 0 saturated heterocycles. The summed E-state index contributed by atoms with van der Waals surface area (Å²) >= 11 is 0. The van der Waals surface area contributed by atoms with Crippen LogP contribution in [0.1, 0.15) is 60.0 Å². The summed E-state index contributed by atoms with van der Waals surface area (Å²) in [5.74, 6) is -0.0377. The van der Waals surface area contributed by atoms with Gasteiger partial charge in [0.15, 0.2) is 0 Å². The van der Waals surface area contributed by atoms with Gasteiger partial charge in [0, 0.05) is 5.56 Å². The highest BCUT2D eigenvalue weighted by molar-refractivity contribution is 5.94. The van der Waals surface area contributed by atoms with Gasteiger partial charge < -0.3 is 10.4 Å². The fourth-order valence-electron chi connectivity index (χ4n) is 3.41. The van der Waals surface area contributed by atoms with Gasteiger partial charge in [-0.2, -0.15) is 0 Å². The predicted molar refractivity (Wildman–Crippen MR) is 78.8 cm³/mol. The van der Waals surface area contributed by atoms with Crippen molar-refractivity contribution in [1.82, 2.24) is 5.32 Å². The molecule has 0 radical (unpaired) electrons. The maximum absolute atomic E-state index is 12.3. The third-order valence-corrected chi connectivity index (χ3v) is 4.66. The molecule has 0 bridgehead atoms. The Kier molecular flexibility index (Phi) is 4.06. The predicted octanol–water partition coefficient (Wildman–Crippen LogP) is 2.60. The fourth-order valence-corrected chi connectivity index (χ4v) is 3.41. The van der Waals surface area contributed by atoms with Crippen LogP contribution in [0.25, 0.3) is 0 Å². The molecule has 108 valence electrons. The van der Waals surface area contributed by atoms with Crippen molar-refractivity contribution in [2.24, 2.45) is 0 Å². The smallest absolute Gasteiger partial charge is 0.251 e. The topological polar surface area (TPSA) is 49.3 Å². The molecule has 2 N–H and O–H groups in total. The van der Waals surface area contributed by atoms with Crippen LogP contribution in [0.2, 0.25) is 0 Å². The highest BCUT2D eigenvalue weighted by Crippen LogP contribution is 2.23. The minimum atomic E-state index is -0.384. The number of aryl methyl sites for hydroxylation is 2. The molecule has 0 heterocycles. The zero-order chi connectivity index (χ0) is 13.9. The molecule has 0 spiro atoms. The number of fused-ring (bicyclic) bond motifs is 1. The Balaban J connectivity index is 1.70. The van der Waals surface area contributed by atoms with E-state index in [1.165, 1.54) is 24.0 Å². The van der Waals surface area contributed by atoms with Crippen LogP contribution in [-0.2, 0) is 12.8 Å². The third kappa shape index (κ3) is 2.88. The second-order valence-electron chi connectivity index (χ2n) is 6.12. The van der Waals surface area contributed by atoms with Crippen LogP contribution in [0, 0.1) is 0 Å². The molecular weight excluding hydrogens is 250 g/mol. The quantitative estimate of drug-likeness (QED) is 0.870. The van der Waals surface area contributed by atoms with Crippen molar-refractivity contribution in [2.75, 3.05) is 0 Å². The van der Waals surface area contributed by atoms with E-state index < -0.39 is 0 Å². The molecule has 1 amide bonds. The lowest BCUT2D eigenvalue weighted by Crippen LogP contribution is -2.45. The lowest BCUT2D eigenvalue weighted by atomic mass is 9.89. The molecule has 3 nitrogen and oxygen atoms in total. The normalized spacial score (nSPS) is 25.9. The second-order valence-corrected chi connectivity index (χ2v) is 6.12. The Bertz CT molecular complexity index is 498. The molecule has 1 fully saturated rings. The van der Waals surface area contributed by atoms with Gasteiger partial charge in [0.1, 0.15) is 0 Å². The zero-order valence-corrected chi connectivity index (χ0v) is 11.9. The van der Waals surface area contributed by atoms with Gasteiger partial charge in [0.05, 0.1) is 12.1 Å². The van der Waals surface area contributed by atoms with Crippen LogP contribution < -0.4 is 5.32 Å². The maximum atomic E-state index is 12.3. The van der Waals surface area contributed by atoms with E-state index in [4.69, 9.17) is 0 Å². The summed E-state index contributed by atoms with van der Waals surface area (Å²) in [5, 5.41) is 12.9. The molecule has 3 rings (SSSR count). The van der Waals surface area contributed by atoms with E-state index in [0.29, 0.717) is 0 Å². The van der Waals surface area contributed by atoms with E-state index in [0.717, 1.165) is 44.1 Å². The summed E-state index contributed by atoms with van der Waals surface area (Å²) in [6.45, 7) is 0. The summed E-state index contributed by atoms with van der Waals surface area (Å²) in [5.41, 5.74) is 3.46. The first-order valence-electron chi connectivity index (χ1n) is 7.85. The number of hydrogen-bond donors (Lipinski definition) is 2. The molecule has 1 aromatic carbocycles. The van der Waals surface area contributed by atoms with Gasteiger partial charge >= 0.3 is 0 Å². The van der Waals surface area contributed by atoms with Gasteiger partial charge in [-0.15, -0.1) is 0 Å². The number of benzene rings is 1. The monoisotopic (exact) mass is 273 g/mol. The molecule has 3 heteroatoms. The Hall–Kier alpha value is -1.35. The number of rotatable bonds is 2. The molecule has 0 unspecified atom stereocenters. The van der Waals surface area contributed by atoms with Crippen molar-refractivity contribution in [2.45, 2.75) is 63.5 Å². The van der Waals surface area contributed by atoms with Crippen molar-refractivity contribution < 1.29 is 9.90 Å². The highest BCUT2D eigenvalue weighted by atomic mass is 16.3. The van der Waals surface area contributed by atoms with Crippen LogP contribution in [0.15, 0.2) is 18.2 Å². The third-order valence-electron chi connectivity index (χ3n) is 4.66. The molecule has 1 saturated carbocycles. The number of nitrogens with one attached hydrogen (secondary N) is 1. The number of aliphatic hydroxyl groups is 1. The van der Waals surface area contributed by atoms with E-state index in [1.807, 2.05) is 12.1 Å². The van der Waals surface area contributed by atoms with E-state index in [1.54, 1.807) is 0 Å². The van der Waals surface area contributed by atoms with E-state index in [2.05, 4.69) is 11.4 Å². The molecule has 2 aliphatic carbocycles. The molecule has 0 aliphatic heterocycles. The van der Waals surface area contributed by atoms with E-state index in [9.17, 15) is 9.90 Å². The van der Waals surface area contributed by atoms with E-state index >= 15 is 0 Å². The van der Waals surface area contributed by atoms with Crippen molar-refractivity contribution in [3.05, 3.63) is 34.9 Å². The summed E-state index contributed by atoms with van der Waals surface area (Å²) in [6.07, 6.45) is 8.16. The van der Waals surface area contributed by atoms with Gasteiger partial charge in [-0.05, 0) is 61.8 Å². The largest absolute Gasteiger partial charge is 0.391 e. The lowest BCUT2D eigenvalue weighted by molar-refractivity contribution is 0.0717. The fraction of sp³-hybridized carbons (Fsp3) is 0.588. The van der Waals surface area contributed by atoms with Crippen LogP contribution in [0.4, 0.5) is 0 Å². The van der Waals surface area contributed by atoms with Gasteiger partial charge in [0.25, 0.3) is 5.91 Å². The number of aliphatic hydroxyl groups excluding tert-OH is 1. The Morgan fingerprint density at radius 3 is 2.60 bits per heavy atom. The number of hydrogen-bond acceptors (Lipinski definition) is 2. The molecule has 2 atom stereocenters. The lowest BCUT2D eigenvalue weighted by Gasteiger charge is -2.28. The average Bonchev–Trinajstić information content (AvgIpc) is 2.49. The summed E-state index contributed by atoms with van der Waals surface area (Å²) in [6, 6.07) is 5.99. The minimum absolute atomic E-state index is 0.0377. The van der Waals surface area contributed by atoms with Crippen LogP contribution in [-0.4, -0.2) is 23.2 Å². The first-order valence-corrected chi connectivity index (χ1v) is 7.85. The van der Waals surface area contributed by atoms with Crippen molar-refractivity contribution in [1.29, 1.82) is 0 Å². The molecule has 20 heavy (non-hydrogen) atoms. The van der Waals surface area contributed by atoms with Crippen LogP contribution >= 0.6 is 0 Å². The Morgan fingerprint density at radius 2 is 1.80 bits per heavy atom. The number of carbonyl (C=O) groups is 1. The summed E-state index contributed by atoms with van der Waals surface area (Å²) < 4.78 is 0. The molecule has 1 aromatic rings. The van der Waals surface area contributed by atoms with Crippen molar-refractivity contribution in [3.63, 3.8) is 0 Å². The molecule has 0 aromatic heterocycles. The number of carbonyl (C=O) groups excluding carboxylic acids is 1. The minimum Gasteiger partial charge on any atom is -0.391 e. The second kappa shape index (κ2) is 5.96. The first kappa shape index (κ1) is 13.6. The van der Waals surface area contributed by atoms with Crippen molar-refractivity contribution >= 4 is 5.91 Å². The van der Waals surface area contributed by atoms with Gasteiger partial charge in [0.2, 0.25) is 0 Å². The molecular formula is C17H23NO2. The van der Waals surface area contributed by atoms with Gasteiger partial charge in [-0.3, -0.25) is 4.79 Å². The molecule has 2 aliphatic rings. The zero-order valence-electron chi connectivity index (χ0n) is 11.9. The summed E-state index contributed by atoms with van der Waals surface area (Å²) in [7, 11) is 0. The van der Waals surface area contributed by atoms with Crippen LogP contribution in [0.5, 0.6) is 0 Å². The van der Waals surface area contributed by atoms with Gasteiger partial charge in [-0.1, -0.05) is 18.9 Å². The standard InChI is InChI=1S/C17H23NO2/c19-16-8-4-3-7-15(16)18-17(20)14-10-9-12-5-1-2-6-13(12)11-14/h9-11,15-16,19H,1-8H2,(H,18,20)/t15-,16-/m1/s1. The van der Waals surface area contributed by atoms with E-state index in [-0.39, 0.29) is 18.1 Å². The van der Waals surface area contributed by atoms with Crippen LogP contribution in [0.3, 0.4) is 0 Å². The van der Waals surface area contributed by atoms with Gasteiger partial charge in [-0.25, -0.2) is 0 Å². The Labute approximate surface area is 120 Å². The first-order chi connectivity index (χ1) is 9.74. The number of amides is 1.